The summed E-state index contributed by atoms with van der Waals surface area (Å²) in [5.41, 5.74) is 0. The lowest BCUT2D eigenvalue weighted by Gasteiger charge is -2.35. The molecule has 0 heterocycles. The quantitative estimate of drug-likeness (QED) is 0.0935. The number of fused-ring (bicyclic) bond motifs is 1. The van der Waals surface area contributed by atoms with Gasteiger partial charge in [0.05, 0.1) is 26.2 Å². The largest absolute Gasteiger partial charge is 0.324 e. The van der Waals surface area contributed by atoms with Crippen molar-refractivity contribution in [3.8, 4) is 0 Å². The van der Waals surface area contributed by atoms with Gasteiger partial charge in [0.15, 0.2) is 0 Å². The van der Waals surface area contributed by atoms with E-state index in [2.05, 4.69) is 27.7 Å². The zero-order chi connectivity index (χ0) is 28.8. The Bertz CT molecular complexity index is 956. The number of nitrogens with zero attached hydrogens (tertiary/aromatic N) is 1. The summed E-state index contributed by atoms with van der Waals surface area (Å²) in [6.07, 6.45) is 23.4. The Balaban J connectivity index is 0.000000451. The Hall–Kier alpha value is -1.43. The first-order chi connectivity index (χ1) is 18.8. The van der Waals surface area contributed by atoms with Crippen LogP contribution in [0.2, 0.25) is 0 Å². The molecule has 0 aliphatic heterocycles. The number of quaternary nitrogens is 1. The summed E-state index contributed by atoms with van der Waals surface area (Å²) in [4.78, 5) is -0.0457. The van der Waals surface area contributed by atoms with Crippen LogP contribution in [0.1, 0.15) is 130 Å². The fraction of sp³-hybridized carbons (Fsp3) is 0.706. The summed E-state index contributed by atoms with van der Waals surface area (Å²) in [6.45, 7) is 14.7. The standard InChI is InChI=1S/C24H52N.C10H8O3S/c1-5-9-10-11-12-13-14-15-16-17-18-19-20-21-22-23-24-25(6-2,7-3)8-4;11-14(12,13)10-7-3-5-8-4-1-2-6-9(8)10/h5-24H2,1-4H3;1-7H,(H,11,12,13)/q+1;. The first kappa shape index (κ1) is 35.6. The van der Waals surface area contributed by atoms with Crippen LogP contribution in [0.25, 0.3) is 10.8 Å². The van der Waals surface area contributed by atoms with Gasteiger partial charge in [0.25, 0.3) is 10.1 Å². The lowest BCUT2D eigenvalue weighted by Crippen LogP contribution is -2.48. The smallest absolute Gasteiger partial charge is 0.295 e. The maximum atomic E-state index is 11.0. The molecule has 0 unspecified atom stereocenters. The molecule has 0 aliphatic carbocycles. The summed E-state index contributed by atoms with van der Waals surface area (Å²) >= 11 is 0. The summed E-state index contributed by atoms with van der Waals surface area (Å²) in [5, 5.41) is 1.33. The Labute approximate surface area is 241 Å². The molecule has 0 saturated carbocycles. The van der Waals surface area contributed by atoms with Crippen LogP contribution in [-0.4, -0.2) is 43.6 Å². The van der Waals surface area contributed by atoms with Crippen molar-refractivity contribution in [2.24, 2.45) is 0 Å². The van der Waals surface area contributed by atoms with E-state index in [1.807, 2.05) is 6.07 Å². The predicted octanol–water partition coefficient (Wildman–Crippen LogP) is 10.2. The van der Waals surface area contributed by atoms with Gasteiger partial charge in [-0.3, -0.25) is 4.55 Å². The van der Waals surface area contributed by atoms with Gasteiger partial charge in [-0.15, -0.1) is 0 Å². The van der Waals surface area contributed by atoms with E-state index >= 15 is 0 Å². The molecule has 39 heavy (non-hydrogen) atoms. The minimum atomic E-state index is -4.13. The molecule has 0 aliphatic rings. The minimum Gasteiger partial charge on any atom is -0.324 e. The number of hydrogen-bond acceptors (Lipinski definition) is 2. The molecule has 0 amide bonds. The van der Waals surface area contributed by atoms with Crippen LogP contribution in [0, 0.1) is 0 Å². The Kier molecular flexibility index (Phi) is 19.5. The maximum absolute atomic E-state index is 11.0. The van der Waals surface area contributed by atoms with E-state index in [1.165, 1.54) is 139 Å². The van der Waals surface area contributed by atoms with Crippen molar-refractivity contribution in [3.05, 3.63) is 42.5 Å². The second kappa shape index (κ2) is 21.3. The molecule has 2 aromatic rings. The highest BCUT2D eigenvalue weighted by atomic mass is 32.2. The number of benzene rings is 2. The lowest BCUT2D eigenvalue weighted by molar-refractivity contribution is -0.923. The number of unbranched alkanes of at least 4 members (excludes halogenated alkanes) is 15. The Morgan fingerprint density at radius 1 is 0.564 bits per heavy atom. The highest BCUT2D eigenvalue weighted by Crippen LogP contribution is 2.22. The monoisotopic (exact) mass is 562 g/mol. The topological polar surface area (TPSA) is 54.4 Å². The molecular formula is C34H60NO3S+. The van der Waals surface area contributed by atoms with Gasteiger partial charge < -0.3 is 4.48 Å². The Morgan fingerprint density at radius 3 is 1.41 bits per heavy atom. The van der Waals surface area contributed by atoms with Gasteiger partial charge in [-0.05, 0) is 45.1 Å². The zero-order valence-electron chi connectivity index (χ0n) is 25.8. The molecule has 0 saturated heterocycles. The highest BCUT2D eigenvalue weighted by molar-refractivity contribution is 7.86. The minimum absolute atomic E-state index is 0.0457. The molecule has 4 nitrogen and oxygen atoms in total. The fourth-order valence-corrected chi connectivity index (χ4v) is 6.28. The van der Waals surface area contributed by atoms with Crippen molar-refractivity contribution in [2.45, 2.75) is 135 Å². The van der Waals surface area contributed by atoms with Crippen LogP contribution in [0.3, 0.4) is 0 Å². The van der Waals surface area contributed by atoms with E-state index in [4.69, 9.17) is 4.55 Å². The molecule has 0 atom stereocenters. The van der Waals surface area contributed by atoms with Crippen molar-refractivity contribution in [2.75, 3.05) is 26.2 Å². The van der Waals surface area contributed by atoms with Crippen LogP contribution in [0.15, 0.2) is 47.4 Å². The van der Waals surface area contributed by atoms with Crippen LogP contribution in [-0.2, 0) is 10.1 Å². The third-order valence-electron chi connectivity index (χ3n) is 8.53. The molecule has 0 bridgehead atoms. The lowest BCUT2D eigenvalue weighted by atomic mass is 10.0. The van der Waals surface area contributed by atoms with Gasteiger partial charge in [-0.1, -0.05) is 133 Å². The third-order valence-corrected chi connectivity index (χ3v) is 9.44. The van der Waals surface area contributed by atoms with Crippen molar-refractivity contribution in [3.63, 3.8) is 0 Å². The van der Waals surface area contributed by atoms with Gasteiger partial charge in [-0.25, -0.2) is 0 Å². The van der Waals surface area contributed by atoms with Crippen LogP contribution >= 0.6 is 0 Å². The molecule has 0 aromatic heterocycles. The molecule has 0 radical (unpaired) electrons. The van der Waals surface area contributed by atoms with Gasteiger partial charge >= 0.3 is 0 Å². The summed E-state index contributed by atoms with van der Waals surface area (Å²) in [7, 11) is -4.13. The zero-order valence-corrected chi connectivity index (χ0v) is 26.6. The first-order valence-corrected chi connectivity index (χ1v) is 17.6. The second-order valence-electron chi connectivity index (χ2n) is 11.3. The van der Waals surface area contributed by atoms with E-state index in [0.29, 0.717) is 5.39 Å². The molecule has 0 fully saturated rings. The van der Waals surface area contributed by atoms with E-state index in [0.717, 1.165) is 5.39 Å². The summed E-state index contributed by atoms with van der Waals surface area (Å²) in [5.74, 6) is 0. The maximum Gasteiger partial charge on any atom is 0.295 e. The summed E-state index contributed by atoms with van der Waals surface area (Å²) in [6, 6.07) is 11.8. The van der Waals surface area contributed by atoms with Crippen LogP contribution in [0.5, 0.6) is 0 Å². The van der Waals surface area contributed by atoms with E-state index in [1.54, 1.807) is 30.3 Å². The predicted molar refractivity (Wildman–Crippen MR) is 170 cm³/mol. The SMILES string of the molecule is CCCCCCCCCCCCCCCCCC[N+](CC)(CC)CC.O=S(=O)(O)c1cccc2ccccc12. The van der Waals surface area contributed by atoms with Gasteiger partial charge in [0, 0.05) is 5.39 Å². The van der Waals surface area contributed by atoms with E-state index < -0.39 is 10.1 Å². The van der Waals surface area contributed by atoms with E-state index in [-0.39, 0.29) is 4.90 Å². The van der Waals surface area contributed by atoms with Crippen LogP contribution in [0.4, 0.5) is 0 Å². The molecule has 224 valence electrons. The molecular weight excluding hydrogens is 502 g/mol. The number of rotatable bonds is 21. The van der Waals surface area contributed by atoms with Crippen molar-refractivity contribution in [1.82, 2.24) is 0 Å². The molecule has 2 aromatic carbocycles. The first-order valence-electron chi connectivity index (χ1n) is 16.1. The molecule has 1 N–H and O–H groups in total. The van der Waals surface area contributed by atoms with E-state index in [9.17, 15) is 8.42 Å². The Morgan fingerprint density at radius 2 is 0.974 bits per heavy atom. The highest BCUT2D eigenvalue weighted by Gasteiger charge is 2.19. The third kappa shape index (κ3) is 15.2. The van der Waals surface area contributed by atoms with Crippen molar-refractivity contribution < 1.29 is 17.5 Å². The molecule has 5 heteroatoms. The van der Waals surface area contributed by atoms with Crippen molar-refractivity contribution in [1.29, 1.82) is 0 Å². The number of hydrogen-bond donors (Lipinski definition) is 1. The fourth-order valence-electron chi connectivity index (χ4n) is 5.56. The molecule has 2 rings (SSSR count). The second-order valence-corrected chi connectivity index (χ2v) is 12.7. The van der Waals surface area contributed by atoms with Crippen molar-refractivity contribution >= 4 is 20.9 Å². The summed E-state index contributed by atoms with van der Waals surface area (Å²) < 4.78 is 32.3. The average molecular weight is 563 g/mol. The molecule has 0 spiro atoms. The van der Waals surface area contributed by atoms with Gasteiger partial charge in [-0.2, -0.15) is 8.42 Å². The van der Waals surface area contributed by atoms with Gasteiger partial charge in [0.1, 0.15) is 4.90 Å². The average Bonchev–Trinajstić information content (AvgIpc) is 2.95. The van der Waals surface area contributed by atoms with Crippen LogP contribution < -0.4 is 0 Å². The normalized spacial score (nSPS) is 11.9. The van der Waals surface area contributed by atoms with Gasteiger partial charge in [0.2, 0.25) is 0 Å².